The predicted molar refractivity (Wildman–Crippen MR) is 125 cm³/mol. The number of fused-ring (bicyclic) bond motifs is 1. The van der Waals surface area contributed by atoms with E-state index in [9.17, 15) is 0 Å². The van der Waals surface area contributed by atoms with Gasteiger partial charge in [-0.25, -0.2) is 0 Å². The molecule has 0 radical (unpaired) electrons. The van der Waals surface area contributed by atoms with Crippen LogP contribution in [0.5, 0.6) is 5.75 Å². The van der Waals surface area contributed by atoms with E-state index >= 15 is 0 Å². The van der Waals surface area contributed by atoms with Crippen LogP contribution in [0.4, 0.5) is 0 Å². The number of aryl methyl sites for hydroxylation is 1. The Morgan fingerprint density at radius 2 is 2.03 bits per heavy atom. The van der Waals surface area contributed by atoms with Gasteiger partial charge in [-0.05, 0) is 51.1 Å². The minimum atomic E-state index is -0.841. The van der Waals surface area contributed by atoms with Crippen LogP contribution >= 0.6 is 23.2 Å². The van der Waals surface area contributed by atoms with E-state index in [1.54, 1.807) is 6.92 Å². The highest BCUT2D eigenvalue weighted by Gasteiger charge is 2.20. The van der Waals surface area contributed by atoms with Gasteiger partial charge in [-0.3, -0.25) is 20.5 Å². The lowest BCUT2D eigenvalue weighted by molar-refractivity contribution is 0.214. The molecule has 4 aromatic rings. The predicted octanol–water partition coefficient (Wildman–Crippen LogP) is 4.40. The smallest absolute Gasteiger partial charge is 0.177 e. The molecule has 1 aliphatic heterocycles. The zero-order chi connectivity index (χ0) is 22.2. The molecule has 4 N–H and O–H groups in total. The number of hydrogen-bond acceptors (Lipinski definition) is 6. The van der Waals surface area contributed by atoms with Crippen LogP contribution in [-0.2, 0) is 0 Å². The number of piperidine rings is 1. The first-order valence-electron chi connectivity index (χ1n) is 10.5. The van der Waals surface area contributed by atoms with E-state index in [0.717, 1.165) is 48.1 Å². The number of aromatic amines is 1. The van der Waals surface area contributed by atoms with Gasteiger partial charge >= 0.3 is 0 Å². The average molecular weight is 472 g/mol. The molecule has 0 aliphatic carbocycles. The third kappa shape index (κ3) is 3.95. The van der Waals surface area contributed by atoms with Crippen molar-refractivity contribution in [3.8, 4) is 17.0 Å². The van der Waals surface area contributed by atoms with Crippen LogP contribution in [-0.4, -0.2) is 38.1 Å². The van der Waals surface area contributed by atoms with Crippen LogP contribution in [0.25, 0.3) is 22.2 Å². The molecule has 1 aliphatic rings. The molecule has 4 heterocycles. The van der Waals surface area contributed by atoms with E-state index in [1.165, 1.54) is 6.20 Å². The standard InChI is InChI=1S/C22H23Cl2N7O/c1-12-20(24)19(17(23)10-27-12)22(25)32-15-2-3-18-16(8-15)21(30-29-18)13-9-28-31(11-13)14-4-6-26-7-5-14/h2-3,8-11,14,22,26H,4-7,25H2,1H3,(H,29,30)/t22-/m0/s1. The van der Waals surface area contributed by atoms with E-state index in [-0.39, 0.29) is 0 Å². The maximum Gasteiger partial charge on any atom is 0.177 e. The van der Waals surface area contributed by atoms with Crippen molar-refractivity contribution >= 4 is 34.1 Å². The summed E-state index contributed by atoms with van der Waals surface area (Å²) in [6.45, 7) is 3.82. The highest BCUT2D eigenvalue weighted by atomic mass is 35.5. The van der Waals surface area contributed by atoms with Crippen molar-refractivity contribution in [3.63, 3.8) is 0 Å². The largest absolute Gasteiger partial charge is 0.471 e. The van der Waals surface area contributed by atoms with Crippen molar-refractivity contribution in [1.82, 2.24) is 30.3 Å². The molecule has 0 amide bonds. The summed E-state index contributed by atoms with van der Waals surface area (Å²) in [5.41, 5.74) is 10.1. The molecule has 1 saturated heterocycles. The normalized spacial score (nSPS) is 15.9. The Morgan fingerprint density at radius 1 is 1.22 bits per heavy atom. The quantitative estimate of drug-likeness (QED) is 0.372. The lowest BCUT2D eigenvalue weighted by Crippen LogP contribution is -2.29. The number of benzene rings is 1. The molecule has 8 nitrogen and oxygen atoms in total. The fourth-order valence-electron chi connectivity index (χ4n) is 4.06. The van der Waals surface area contributed by atoms with E-state index in [0.29, 0.717) is 33.1 Å². The number of halogens is 2. The van der Waals surface area contributed by atoms with Crippen molar-refractivity contribution in [3.05, 3.63) is 58.1 Å². The molecule has 0 saturated carbocycles. The molecule has 0 bridgehead atoms. The van der Waals surface area contributed by atoms with Crippen molar-refractivity contribution in [2.75, 3.05) is 13.1 Å². The van der Waals surface area contributed by atoms with Crippen LogP contribution in [0.1, 0.15) is 36.4 Å². The Kier molecular flexibility index (Phi) is 5.77. The first kappa shape index (κ1) is 21.2. The number of hydrogen-bond donors (Lipinski definition) is 3. The van der Waals surface area contributed by atoms with Crippen LogP contribution in [0.3, 0.4) is 0 Å². The monoisotopic (exact) mass is 471 g/mol. The Balaban J connectivity index is 1.43. The molecule has 1 fully saturated rings. The summed E-state index contributed by atoms with van der Waals surface area (Å²) >= 11 is 12.7. The van der Waals surface area contributed by atoms with E-state index in [1.807, 2.05) is 29.1 Å². The second-order valence-electron chi connectivity index (χ2n) is 7.93. The average Bonchev–Trinajstić information content (AvgIpc) is 3.44. The van der Waals surface area contributed by atoms with Gasteiger partial charge in [-0.2, -0.15) is 10.2 Å². The number of rotatable bonds is 5. The van der Waals surface area contributed by atoms with Crippen LogP contribution < -0.4 is 15.8 Å². The van der Waals surface area contributed by atoms with Crippen molar-refractivity contribution in [2.24, 2.45) is 5.73 Å². The number of nitrogens with one attached hydrogen (secondary N) is 2. The fourth-order valence-corrected chi connectivity index (χ4v) is 4.62. The van der Waals surface area contributed by atoms with Crippen LogP contribution in [0, 0.1) is 6.92 Å². The van der Waals surface area contributed by atoms with Gasteiger partial charge in [0.05, 0.1) is 33.5 Å². The molecule has 1 atom stereocenters. The maximum atomic E-state index is 6.37. The molecule has 0 spiro atoms. The molecule has 32 heavy (non-hydrogen) atoms. The lowest BCUT2D eigenvalue weighted by atomic mass is 10.1. The zero-order valence-corrected chi connectivity index (χ0v) is 19.0. The summed E-state index contributed by atoms with van der Waals surface area (Å²) in [4.78, 5) is 4.14. The van der Waals surface area contributed by atoms with Crippen molar-refractivity contribution < 1.29 is 4.74 Å². The third-order valence-corrected chi connectivity index (χ3v) is 6.60. The number of nitrogens with zero attached hydrogens (tertiary/aromatic N) is 4. The topological polar surface area (TPSA) is 107 Å². The second kappa shape index (κ2) is 8.71. The summed E-state index contributed by atoms with van der Waals surface area (Å²) < 4.78 is 8.04. The Bertz CT molecular complexity index is 1260. The number of aromatic nitrogens is 5. The molecular formula is C22H23Cl2N7O. The van der Waals surface area contributed by atoms with Gasteiger partial charge in [-0.1, -0.05) is 23.2 Å². The minimum absolute atomic E-state index is 0.364. The highest BCUT2D eigenvalue weighted by Crippen LogP contribution is 2.34. The van der Waals surface area contributed by atoms with Crippen LogP contribution in [0.15, 0.2) is 36.8 Å². The highest BCUT2D eigenvalue weighted by molar-refractivity contribution is 6.36. The molecule has 166 valence electrons. The second-order valence-corrected chi connectivity index (χ2v) is 8.71. The Morgan fingerprint density at radius 3 is 2.84 bits per heavy atom. The van der Waals surface area contributed by atoms with Gasteiger partial charge in [0, 0.05) is 28.9 Å². The van der Waals surface area contributed by atoms with E-state index < -0.39 is 6.23 Å². The molecular weight excluding hydrogens is 449 g/mol. The van der Waals surface area contributed by atoms with Crippen LogP contribution in [0.2, 0.25) is 10.0 Å². The first-order chi connectivity index (χ1) is 15.5. The van der Waals surface area contributed by atoms with Gasteiger partial charge in [0.1, 0.15) is 11.4 Å². The van der Waals surface area contributed by atoms with E-state index in [4.69, 9.17) is 33.7 Å². The number of pyridine rings is 1. The summed E-state index contributed by atoms with van der Waals surface area (Å²) in [6.07, 6.45) is 6.74. The summed E-state index contributed by atoms with van der Waals surface area (Å²) in [5.74, 6) is 0.583. The van der Waals surface area contributed by atoms with Crippen molar-refractivity contribution in [1.29, 1.82) is 0 Å². The zero-order valence-electron chi connectivity index (χ0n) is 17.5. The first-order valence-corrected chi connectivity index (χ1v) is 11.2. The molecule has 10 heteroatoms. The minimum Gasteiger partial charge on any atom is -0.471 e. The van der Waals surface area contributed by atoms with Crippen molar-refractivity contribution in [2.45, 2.75) is 32.0 Å². The third-order valence-electron chi connectivity index (χ3n) is 5.82. The summed E-state index contributed by atoms with van der Waals surface area (Å²) in [6, 6.07) is 6.06. The lowest BCUT2D eigenvalue weighted by Gasteiger charge is -2.22. The van der Waals surface area contributed by atoms with E-state index in [2.05, 4.69) is 31.8 Å². The van der Waals surface area contributed by atoms with Gasteiger partial charge in [0.25, 0.3) is 0 Å². The SMILES string of the molecule is Cc1ncc(Cl)c([C@@H](N)Oc2ccc3[nH]nc(-c4cnn(C5CCNCC5)c4)c3c2)c1Cl. The number of ether oxygens (including phenoxy) is 1. The summed E-state index contributed by atoms with van der Waals surface area (Å²) in [5, 5.41) is 17.3. The molecule has 5 rings (SSSR count). The van der Waals surface area contributed by atoms with Gasteiger partial charge in [-0.15, -0.1) is 0 Å². The fraction of sp³-hybridized carbons (Fsp3) is 0.318. The number of H-pyrrole nitrogens is 1. The molecule has 3 aromatic heterocycles. The van der Waals surface area contributed by atoms with Gasteiger partial charge in [0.15, 0.2) is 6.23 Å². The number of nitrogens with two attached hydrogens (primary N) is 1. The Labute approximate surface area is 195 Å². The van der Waals surface area contributed by atoms with Gasteiger partial charge in [0.2, 0.25) is 0 Å². The molecule has 0 unspecified atom stereocenters. The maximum absolute atomic E-state index is 6.37. The summed E-state index contributed by atoms with van der Waals surface area (Å²) in [7, 11) is 0. The van der Waals surface area contributed by atoms with Gasteiger partial charge < -0.3 is 10.1 Å². The Hall–Kier alpha value is -2.65. The molecule has 1 aromatic carbocycles.